The molecule has 7 heteroatoms. The maximum atomic E-state index is 5.59. The van der Waals surface area contributed by atoms with E-state index in [0.29, 0.717) is 5.92 Å². The van der Waals surface area contributed by atoms with E-state index in [9.17, 15) is 0 Å². The van der Waals surface area contributed by atoms with Crippen LogP contribution in [0.25, 0.3) is 0 Å². The molecule has 7 nitrogen and oxygen atoms in total. The van der Waals surface area contributed by atoms with Crippen LogP contribution >= 0.6 is 0 Å². The molecule has 134 valence electrons. The molecule has 0 aromatic carbocycles. The van der Waals surface area contributed by atoms with Gasteiger partial charge in [0.2, 0.25) is 0 Å². The highest BCUT2D eigenvalue weighted by Crippen LogP contribution is 2.17. The van der Waals surface area contributed by atoms with Crippen molar-refractivity contribution in [1.29, 1.82) is 0 Å². The first-order valence-electron chi connectivity index (χ1n) is 9.06. The highest BCUT2D eigenvalue weighted by atomic mass is 16.5. The predicted molar refractivity (Wildman–Crippen MR) is 97.8 cm³/mol. The van der Waals surface area contributed by atoms with Crippen molar-refractivity contribution in [2.45, 2.75) is 26.1 Å². The highest BCUT2D eigenvalue weighted by Gasteiger charge is 2.19. The van der Waals surface area contributed by atoms with Gasteiger partial charge in [0, 0.05) is 57.4 Å². The fourth-order valence-electron chi connectivity index (χ4n) is 3.48. The molecule has 0 saturated carbocycles. The van der Waals surface area contributed by atoms with E-state index in [1.165, 1.54) is 5.56 Å². The van der Waals surface area contributed by atoms with Crippen LogP contribution in [0.2, 0.25) is 0 Å². The van der Waals surface area contributed by atoms with Crippen LogP contribution in [0, 0.1) is 5.92 Å². The fraction of sp³-hybridized carbons (Fsp3) is 0.556. The number of fused-ring (bicyclic) bond motifs is 1. The normalized spacial score (nSPS) is 23.2. The lowest BCUT2D eigenvalue weighted by Gasteiger charge is -2.32. The van der Waals surface area contributed by atoms with Crippen molar-refractivity contribution < 1.29 is 4.74 Å². The lowest BCUT2D eigenvalue weighted by Crippen LogP contribution is -2.41. The molecular formula is C18H26N6O. The minimum absolute atomic E-state index is 0.274. The Morgan fingerprint density at radius 2 is 2.28 bits per heavy atom. The van der Waals surface area contributed by atoms with Gasteiger partial charge >= 0.3 is 0 Å². The van der Waals surface area contributed by atoms with Crippen molar-refractivity contribution in [3.05, 3.63) is 36.2 Å². The smallest absolute Gasteiger partial charge is 0.128 e. The van der Waals surface area contributed by atoms with Gasteiger partial charge in [0.1, 0.15) is 11.6 Å². The number of hydrogen-bond donors (Lipinski definition) is 2. The minimum atomic E-state index is 0.274. The summed E-state index contributed by atoms with van der Waals surface area (Å²) in [7, 11) is 0. The van der Waals surface area contributed by atoms with Crippen LogP contribution in [0.3, 0.4) is 0 Å². The lowest BCUT2D eigenvalue weighted by atomic mass is 10.1. The number of anilines is 2. The average molecular weight is 342 g/mol. The summed E-state index contributed by atoms with van der Waals surface area (Å²) in [5, 5.41) is 11.3. The van der Waals surface area contributed by atoms with E-state index in [2.05, 4.69) is 44.7 Å². The molecule has 1 fully saturated rings. The van der Waals surface area contributed by atoms with Gasteiger partial charge in [-0.25, -0.2) is 9.67 Å². The van der Waals surface area contributed by atoms with Crippen LogP contribution in [0.15, 0.2) is 30.6 Å². The van der Waals surface area contributed by atoms with Gasteiger partial charge in [0.15, 0.2) is 0 Å². The minimum Gasteiger partial charge on any atom is -0.375 e. The lowest BCUT2D eigenvalue weighted by molar-refractivity contribution is 0.0529. The van der Waals surface area contributed by atoms with E-state index in [4.69, 9.17) is 4.74 Å². The van der Waals surface area contributed by atoms with E-state index in [-0.39, 0.29) is 6.10 Å². The van der Waals surface area contributed by atoms with E-state index in [1.807, 2.05) is 23.1 Å². The van der Waals surface area contributed by atoms with Crippen LogP contribution in [-0.2, 0) is 17.8 Å². The van der Waals surface area contributed by atoms with Crippen LogP contribution in [0.4, 0.5) is 11.6 Å². The van der Waals surface area contributed by atoms with Gasteiger partial charge in [0.05, 0.1) is 18.9 Å². The molecule has 2 aliphatic heterocycles. The number of pyridine rings is 1. The standard InChI is InChI=1S/C18H26N6O/c1-14-12-23(6-7-25-14)17-3-2-15(10-20-17)8-19-9-16-11-21-18-4-5-22-24(18)13-16/h2-5,10,14,16,19,21H,6-9,11-13H2,1H3/t14-,16-/m0/s1. The number of morpholine rings is 1. The Labute approximate surface area is 148 Å². The SMILES string of the molecule is C[C@H]1CN(c2ccc(CNC[C@H]3CNc4ccnn4C3)cn2)CCO1. The molecule has 2 aliphatic rings. The van der Waals surface area contributed by atoms with Gasteiger partial charge in [-0.3, -0.25) is 0 Å². The summed E-state index contributed by atoms with van der Waals surface area (Å²) in [6.45, 7) is 8.48. The van der Waals surface area contributed by atoms with Crippen molar-refractivity contribution in [2.24, 2.45) is 5.92 Å². The predicted octanol–water partition coefficient (Wildman–Crippen LogP) is 1.33. The first-order chi connectivity index (χ1) is 12.3. The van der Waals surface area contributed by atoms with Crippen molar-refractivity contribution >= 4 is 11.6 Å². The molecule has 0 amide bonds. The maximum Gasteiger partial charge on any atom is 0.128 e. The van der Waals surface area contributed by atoms with Crippen LogP contribution in [0.1, 0.15) is 12.5 Å². The molecule has 0 bridgehead atoms. The number of rotatable bonds is 5. The van der Waals surface area contributed by atoms with Gasteiger partial charge in [-0.1, -0.05) is 6.07 Å². The van der Waals surface area contributed by atoms with Crippen molar-refractivity contribution in [3.8, 4) is 0 Å². The number of nitrogens with one attached hydrogen (secondary N) is 2. The van der Waals surface area contributed by atoms with Crippen molar-refractivity contribution in [1.82, 2.24) is 20.1 Å². The molecule has 4 rings (SSSR count). The molecule has 2 aromatic rings. The number of hydrogen-bond acceptors (Lipinski definition) is 6. The summed E-state index contributed by atoms with van der Waals surface area (Å²) in [5.74, 6) is 2.71. The molecule has 0 unspecified atom stereocenters. The Hall–Kier alpha value is -2.12. The zero-order valence-electron chi connectivity index (χ0n) is 14.7. The van der Waals surface area contributed by atoms with Crippen molar-refractivity contribution in [3.63, 3.8) is 0 Å². The van der Waals surface area contributed by atoms with Crippen LogP contribution in [-0.4, -0.2) is 53.7 Å². The second kappa shape index (κ2) is 7.41. The summed E-state index contributed by atoms with van der Waals surface area (Å²) in [4.78, 5) is 6.92. The van der Waals surface area contributed by atoms with Gasteiger partial charge < -0.3 is 20.3 Å². The molecule has 0 radical (unpaired) electrons. The van der Waals surface area contributed by atoms with Gasteiger partial charge in [-0.05, 0) is 18.6 Å². The monoisotopic (exact) mass is 342 g/mol. The third kappa shape index (κ3) is 3.93. The molecule has 2 atom stereocenters. The van der Waals surface area contributed by atoms with E-state index >= 15 is 0 Å². The van der Waals surface area contributed by atoms with Gasteiger partial charge in [-0.2, -0.15) is 5.10 Å². The van der Waals surface area contributed by atoms with Gasteiger partial charge in [-0.15, -0.1) is 0 Å². The second-order valence-electron chi connectivity index (χ2n) is 6.93. The summed E-state index contributed by atoms with van der Waals surface area (Å²) >= 11 is 0. The number of ether oxygens (including phenoxy) is 1. The Morgan fingerprint density at radius 3 is 3.12 bits per heavy atom. The van der Waals surface area contributed by atoms with E-state index in [0.717, 1.165) is 57.5 Å². The summed E-state index contributed by atoms with van der Waals surface area (Å²) in [5.41, 5.74) is 1.22. The van der Waals surface area contributed by atoms with Gasteiger partial charge in [0.25, 0.3) is 0 Å². The Bertz CT molecular complexity index is 685. The zero-order chi connectivity index (χ0) is 17.1. The first-order valence-corrected chi connectivity index (χ1v) is 9.06. The molecule has 1 saturated heterocycles. The molecule has 2 N–H and O–H groups in total. The summed E-state index contributed by atoms with van der Waals surface area (Å²) in [6, 6.07) is 6.31. The topological polar surface area (TPSA) is 67.2 Å². The average Bonchev–Trinajstić information content (AvgIpc) is 3.10. The second-order valence-corrected chi connectivity index (χ2v) is 6.93. The van der Waals surface area contributed by atoms with E-state index < -0.39 is 0 Å². The third-order valence-electron chi connectivity index (χ3n) is 4.86. The Kier molecular flexibility index (Phi) is 4.85. The molecule has 25 heavy (non-hydrogen) atoms. The number of aromatic nitrogens is 3. The van der Waals surface area contributed by atoms with E-state index in [1.54, 1.807) is 0 Å². The Morgan fingerprint density at radius 1 is 1.32 bits per heavy atom. The quantitative estimate of drug-likeness (QED) is 0.855. The number of nitrogens with zero attached hydrogens (tertiary/aromatic N) is 4. The molecule has 4 heterocycles. The summed E-state index contributed by atoms with van der Waals surface area (Å²) in [6.07, 6.45) is 4.10. The molecule has 0 aliphatic carbocycles. The van der Waals surface area contributed by atoms with Crippen LogP contribution in [0.5, 0.6) is 0 Å². The fourth-order valence-corrected chi connectivity index (χ4v) is 3.48. The van der Waals surface area contributed by atoms with Crippen LogP contribution < -0.4 is 15.5 Å². The molecule has 2 aromatic heterocycles. The van der Waals surface area contributed by atoms with Crippen molar-refractivity contribution in [2.75, 3.05) is 43.0 Å². The summed E-state index contributed by atoms with van der Waals surface area (Å²) < 4.78 is 7.63. The first kappa shape index (κ1) is 16.4. The molecule has 0 spiro atoms. The largest absolute Gasteiger partial charge is 0.375 e. The maximum absolute atomic E-state index is 5.59. The third-order valence-corrected chi connectivity index (χ3v) is 4.86. The zero-order valence-corrected chi connectivity index (χ0v) is 14.7. The molecular weight excluding hydrogens is 316 g/mol. The Balaban J connectivity index is 1.25. The highest BCUT2D eigenvalue weighted by molar-refractivity contribution is 5.40.